The maximum Gasteiger partial charge on any atom is 0.119 e. The van der Waals surface area contributed by atoms with Crippen LogP contribution in [0.15, 0.2) is 42.5 Å². The average molecular weight is 304 g/mol. The van der Waals surface area contributed by atoms with Gasteiger partial charge in [-0.25, -0.2) is 0 Å². The molecule has 0 aliphatic heterocycles. The Morgan fingerprint density at radius 3 is 2.43 bits per heavy atom. The third kappa shape index (κ3) is 3.99. The molecule has 0 radical (unpaired) electrons. The number of rotatable bonds is 6. The summed E-state index contributed by atoms with van der Waals surface area (Å²) in [6.07, 6.45) is 1.10. The molecule has 1 atom stereocenters. The first kappa shape index (κ1) is 15.9. The van der Waals surface area contributed by atoms with Gasteiger partial charge in [-0.2, -0.15) is 0 Å². The highest BCUT2D eigenvalue weighted by atomic mass is 35.5. The topological polar surface area (TPSA) is 21.3 Å². The van der Waals surface area contributed by atoms with Crippen molar-refractivity contribution in [1.29, 1.82) is 0 Å². The number of halogens is 1. The van der Waals surface area contributed by atoms with Gasteiger partial charge in [0.25, 0.3) is 0 Å². The highest BCUT2D eigenvalue weighted by molar-refractivity contribution is 6.30. The molecule has 2 nitrogen and oxygen atoms in total. The van der Waals surface area contributed by atoms with Gasteiger partial charge in [0, 0.05) is 5.02 Å². The molecule has 0 heterocycles. The summed E-state index contributed by atoms with van der Waals surface area (Å²) in [6, 6.07) is 14.4. The number of methoxy groups -OCH3 is 1. The Hall–Kier alpha value is -1.51. The van der Waals surface area contributed by atoms with Gasteiger partial charge in [-0.1, -0.05) is 36.7 Å². The van der Waals surface area contributed by atoms with Gasteiger partial charge in [0.15, 0.2) is 0 Å². The van der Waals surface area contributed by atoms with Gasteiger partial charge in [0.1, 0.15) is 5.75 Å². The predicted octanol–water partition coefficient (Wildman–Crippen LogP) is 4.75. The van der Waals surface area contributed by atoms with Crippen molar-refractivity contribution in [2.45, 2.75) is 26.3 Å². The molecule has 21 heavy (non-hydrogen) atoms. The van der Waals surface area contributed by atoms with E-state index in [2.05, 4.69) is 43.4 Å². The van der Waals surface area contributed by atoms with Crippen molar-refractivity contribution < 1.29 is 4.74 Å². The summed E-state index contributed by atoms with van der Waals surface area (Å²) >= 11 is 6.00. The van der Waals surface area contributed by atoms with Crippen molar-refractivity contribution >= 4 is 11.6 Å². The van der Waals surface area contributed by atoms with E-state index >= 15 is 0 Å². The third-order valence-corrected chi connectivity index (χ3v) is 3.84. The molecule has 2 rings (SSSR count). The molecule has 0 spiro atoms. The molecule has 0 aliphatic carbocycles. The second kappa shape index (κ2) is 7.48. The summed E-state index contributed by atoms with van der Waals surface area (Å²) in [6.45, 7) is 5.26. The van der Waals surface area contributed by atoms with Crippen LogP contribution in [-0.2, 0) is 0 Å². The third-order valence-electron chi connectivity index (χ3n) is 3.59. The Bertz CT molecular complexity index is 580. The maximum absolute atomic E-state index is 6.00. The summed E-state index contributed by atoms with van der Waals surface area (Å²) in [5.41, 5.74) is 3.71. The molecule has 1 unspecified atom stereocenters. The first-order valence-corrected chi connectivity index (χ1v) is 7.67. The Morgan fingerprint density at radius 1 is 1.14 bits per heavy atom. The summed E-state index contributed by atoms with van der Waals surface area (Å²) in [7, 11) is 1.69. The summed E-state index contributed by atoms with van der Waals surface area (Å²) in [4.78, 5) is 0. The highest BCUT2D eigenvalue weighted by Crippen LogP contribution is 2.28. The fraction of sp³-hybridized carbons (Fsp3) is 0.333. The number of aryl methyl sites for hydroxylation is 1. The van der Waals surface area contributed by atoms with Crippen LogP contribution in [0.1, 0.15) is 36.1 Å². The van der Waals surface area contributed by atoms with E-state index in [0.717, 1.165) is 23.7 Å². The second-order valence-corrected chi connectivity index (χ2v) is 5.60. The van der Waals surface area contributed by atoms with Gasteiger partial charge < -0.3 is 10.1 Å². The zero-order valence-corrected chi connectivity index (χ0v) is 13.6. The molecule has 112 valence electrons. The number of nitrogens with one attached hydrogen (secondary N) is 1. The smallest absolute Gasteiger partial charge is 0.119 e. The van der Waals surface area contributed by atoms with Crippen LogP contribution >= 0.6 is 11.6 Å². The van der Waals surface area contributed by atoms with Crippen molar-refractivity contribution in [1.82, 2.24) is 5.32 Å². The van der Waals surface area contributed by atoms with Crippen molar-refractivity contribution in [3.63, 3.8) is 0 Å². The molecule has 2 aromatic carbocycles. The Kier molecular flexibility index (Phi) is 5.66. The molecule has 0 saturated carbocycles. The average Bonchev–Trinajstić information content (AvgIpc) is 2.50. The van der Waals surface area contributed by atoms with Crippen molar-refractivity contribution in [3.8, 4) is 5.75 Å². The van der Waals surface area contributed by atoms with Crippen LogP contribution in [0.2, 0.25) is 5.02 Å². The fourth-order valence-corrected chi connectivity index (χ4v) is 2.58. The molecule has 0 bridgehead atoms. The van der Waals surface area contributed by atoms with Crippen molar-refractivity contribution in [2.24, 2.45) is 0 Å². The van der Waals surface area contributed by atoms with E-state index in [-0.39, 0.29) is 6.04 Å². The van der Waals surface area contributed by atoms with Crippen LogP contribution in [0.25, 0.3) is 0 Å². The van der Waals surface area contributed by atoms with Crippen LogP contribution in [0.3, 0.4) is 0 Å². The number of ether oxygens (including phenoxy) is 1. The van der Waals surface area contributed by atoms with Crippen molar-refractivity contribution in [3.05, 3.63) is 64.2 Å². The minimum Gasteiger partial charge on any atom is -0.497 e. The van der Waals surface area contributed by atoms with E-state index in [4.69, 9.17) is 16.3 Å². The van der Waals surface area contributed by atoms with E-state index in [1.807, 2.05) is 18.2 Å². The quantitative estimate of drug-likeness (QED) is 0.832. The van der Waals surface area contributed by atoms with E-state index in [1.165, 1.54) is 16.7 Å². The largest absolute Gasteiger partial charge is 0.497 e. The lowest BCUT2D eigenvalue weighted by Crippen LogP contribution is -2.23. The molecule has 0 amide bonds. The van der Waals surface area contributed by atoms with Crippen LogP contribution in [0.5, 0.6) is 5.75 Å². The molecular weight excluding hydrogens is 282 g/mol. The minimum atomic E-state index is 0.174. The molecule has 1 N–H and O–H groups in total. The van der Waals surface area contributed by atoms with E-state index in [9.17, 15) is 0 Å². The monoisotopic (exact) mass is 303 g/mol. The first-order valence-electron chi connectivity index (χ1n) is 7.29. The van der Waals surface area contributed by atoms with Crippen molar-refractivity contribution in [2.75, 3.05) is 13.7 Å². The van der Waals surface area contributed by atoms with Gasteiger partial charge in [-0.3, -0.25) is 0 Å². The number of hydrogen-bond acceptors (Lipinski definition) is 2. The number of benzene rings is 2. The molecule has 0 aliphatic rings. The van der Waals surface area contributed by atoms with Gasteiger partial charge in [0.05, 0.1) is 13.2 Å². The van der Waals surface area contributed by atoms with Gasteiger partial charge >= 0.3 is 0 Å². The molecule has 0 fully saturated rings. The fourth-order valence-electron chi connectivity index (χ4n) is 2.45. The van der Waals surface area contributed by atoms with Crippen LogP contribution in [0, 0.1) is 6.92 Å². The Morgan fingerprint density at radius 2 is 1.86 bits per heavy atom. The molecule has 0 aromatic heterocycles. The second-order valence-electron chi connectivity index (χ2n) is 5.16. The van der Waals surface area contributed by atoms with Crippen LogP contribution in [0.4, 0.5) is 0 Å². The lowest BCUT2D eigenvalue weighted by atomic mass is 9.94. The van der Waals surface area contributed by atoms with E-state index in [0.29, 0.717) is 0 Å². The lowest BCUT2D eigenvalue weighted by molar-refractivity contribution is 0.414. The van der Waals surface area contributed by atoms with Crippen LogP contribution < -0.4 is 10.1 Å². The predicted molar refractivity (Wildman–Crippen MR) is 89.3 cm³/mol. The van der Waals surface area contributed by atoms with Gasteiger partial charge in [-0.15, -0.1) is 0 Å². The van der Waals surface area contributed by atoms with Crippen LogP contribution in [-0.4, -0.2) is 13.7 Å². The first-order chi connectivity index (χ1) is 10.2. The molecule has 0 saturated heterocycles. The van der Waals surface area contributed by atoms with Gasteiger partial charge in [-0.05, 0) is 60.8 Å². The lowest BCUT2D eigenvalue weighted by Gasteiger charge is -2.22. The highest BCUT2D eigenvalue weighted by Gasteiger charge is 2.15. The Balaban J connectivity index is 2.37. The standard InChI is InChI=1S/C18H22ClNO/c1-4-11-20-18(14-5-7-15(19)8-6-14)17-10-9-16(21-3)12-13(17)2/h5-10,12,18,20H,4,11H2,1-3H3. The molecular formula is C18H22ClNO. The SMILES string of the molecule is CCCNC(c1ccc(Cl)cc1)c1ccc(OC)cc1C. The maximum atomic E-state index is 6.00. The van der Waals surface area contributed by atoms with E-state index in [1.54, 1.807) is 7.11 Å². The normalized spacial score (nSPS) is 12.2. The molecule has 2 aromatic rings. The van der Waals surface area contributed by atoms with E-state index < -0.39 is 0 Å². The minimum absolute atomic E-state index is 0.174. The van der Waals surface area contributed by atoms with Gasteiger partial charge in [0.2, 0.25) is 0 Å². The summed E-state index contributed by atoms with van der Waals surface area (Å²) in [5.74, 6) is 0.890. The summed E-state index contributed by atoms with van der Waals surface area (Å²) < 4.78 is 5.29. The zero-order valence-electron chi connectivity index (χ0n) is 12.8. The molecule has 3 heteroatoms. The number of hydrogen-bond donors (Lipinski definition) is 1. The Labute approximate surface area is 132 Å². The zero-order chi connectivity index (χ0) is 15.2. The summed E-state index contributed by atoms with van der Waals surface area (Å²) in [5, 5.41) is 4.38.